The van der Waals surface area contributed by atoms with Crippen LogP contribution in [0.5, 0.6) is 11.5 Å². The van der Waals surface area contributed by atoms with Crippen molar-refractivity contribution in [2.24, 2.45) is 0 Å². The highest BCUT2D eigenvalue weighted by atomic mass is 16.5. The fraction of sp³-hybridized carbons (Fsp3) is 0.200. The largest absolute Gasteiger partial charge is 0.497 e. The molecular formula is C20H20N4O3. The molecule has 7 nitrogen and oxygen atoms in total. The zero-order chi connectivity index (χ0) is 19.4. The summed E-state index contributed by atoms with van der Waals surface area (Å²) in [6, 6.07) is 14.9. The molecule has 0 N–H and O–H groups in total. The normalized spacial score (nSPS) is 10.4. The number of carbonyl (C=O) groups excluding carboxylic acids is 1. The molecule has 1 heterocycles. The molecule has 0 aliphatic heterocycles. The van der Waals surface area contributed by atoms with E-state index in [0.29, 0.717) is 11.4 Å². The summed E-state index contributed by atoms with van der Waals surface area (Å²) in [6.07, 6.45) is 0. The van der Waals surface area contributed by atoms with Crippen LogP contribution in [-0.2, 0) is 0 Å². The fourth-order valence-corrected chi connectivity index (χ4v) is 2.51. The molecule has 0 bridgehead atoms. The van der Waals surface area contributed by atoms with Crippen molar-refractivity contribution >= 4 is 5.91 Å². The minimum absolute atomic E-state index is 0.0445. The molecule has 0 saturated heterocycles. The number of carbonyl (C=O) groups is 1. The lowest BCUT2D eigenvalue weighted by atomic mass is 10.0. The van der Waals surface area contributed by atoms with Crippen molar-refractivity contribution in [1.29, 1.82) is 0 Å². The summed E-state index contributed by atoms with van der Waals surface area (Å²) in [5.74, 6) is 1.21. The third-order valence-corrected chi connectivity index (χ3v) is 4.01. The number of ether oxygens (including phenoxy) is 2. The Morgan fingerprint density at radius 1 is 0.778 bits per heavy atom. The van der Waals surface area contributed by atoms with Crippen LogP contribution in [0.3, 0.4) is 0 Å². The van der Waals surface area contributed by atoms with Crippen LogP contribution in [0.25, 0.3) is 22.5 Å². The zero-order valence-electron chi connectivity index (χ0n) is 15.6. The van der Waals surface area contributed by atoms with Gasteiger partial charge in [-0.1, -0.05) is 0 Å². The van der Waals surface area contributed by atoms with Crippen molar-refractivity contribution in [3.05, 3.63) is 54.4 Å². The molecule has 0 unspecified atom stereocenters. The van der Waals surface area contributed by atoms with E-state index in [9.17, 15) is 4.79 Å². The third-order valence-electron chi connectivity index (χ3n) is 4.01. The van der Waals surface area contributed by atoms with Gasteiger partial charge in [0.1, 0.15) is 22.9 Å². The minimum Gasteiger partial charge on any atom is -0.497 e. The Hall–Kier alpha value is -3.48. The Bertz CT molecular complexity index is 938. The maximum Gasteiger partial charge on any atom is 0.293 e. The molecule has 7 heteroatoms. The van der Waals surface area contributed by atoms with Crippen LogP contribution in [0.2, 0.25) is 0 Å². The van der Waals surface area contributed by atoms with Gasteiger partial charge < -0.3 is 14.4 Å². The number of aromatic nitrogens is 3. The lowest BCUT2D eigenvalue weighted by Gasteiger charge is -2.12. The first kappa shape index (κ1) is 18.3. The van der Waals surface area contributed by atoms with E-state index in [2.05, 4.69) is 15.2 Å². The molecular weight excluding hydrogens is 344 g/mol. The van der Waals surface area contributed by atoms with Gasteiger partial charge in [0.2, 0.25) is 5.82 Å². The highest BCUT2D eigenvalue weighted by molar-refractivity contribution is 5.91. The van der Waals surface area contributed by atoms with Gasteiger partial charge in [0, 0.05) is 25.2 Å². The SMILES string of the molecule is COc1ccc(-c2nnc(C(=O)N(C)C)nc2-c2ccc(OC)cc2)cc1. The van der Waals surface area contributed by atoms with Crippen LogP contribution in [-0.4, -0.2) is 54.3 Å². The summed E-state index contributed by atoms with van der Waals surface area (Å²) in [5.41, 5.74) is 2.79. The molecule has 138 valence electrons. The zero-order valence-corrected chi connectivity index (χ0v) is 15.6. The van der Waals surface area contributed by atoms with Gasteiger partial charge in [0.05, 0.1) is 14.2 Å². The smallest absolute Gasteiger partial charge is 0.293 e. The molecule has 0 atom stereocenters. The lowest BCUT2D eigenvalue weighted by Crippen LogP contribution is -2.24. The molecule has 0 aliphatic rings. The summed E-state index contributed by atoms with van der Waals surface area (Å²) in [6.45, 7) is 0. The van der Waals surface area contributed by atoms with E-state index < -0.39 is 0 Å². The number of benzene rings is 2. The van der Waals surface area contributed by atoms with E-state index in [0.717, 1.165) is 22.6 Å². The van der Waals surface area contributed by atoms with Crippen molar-refractivity contribution in [2.45, 2.75) is 0 Å². The Kier molecular flexibility index (Phi) is 5.30. The molecule has 1 aromatic heterocycles. The van der Waals surface area contributed by atoms with E-state index in [1.807, 2.05) is 48.5 Å². The molecule has 0 saturated carbocycles. The van der Waals surface area contributed by atoms with Crippen molar-refractivity contribution in [2.75, 3.05) is 28.3 Å². The molecule has 2 aromatic carbocycles. The molecule has 0 spiro atoms. The second kappa shape index (κ2) is 7.82. The first-order valence-electron chi connectivity index (χ1n) is 8.28. The summed E-state index contributed by atoms with van der Waals surface area (Å²) in [5, 5.41) is 8.33. The molecule has 3 aromatic rings. The van der Waals surface area contributed by atoms with Crippen molar-refractivity contribution in [3.8, 4) is 34.0 Å². The van der Waals surface area contributed by atoms with E-state index in [4.69, 9.17) is 9.47 Å². The molecule has 0 aliphatic carbocycles. The van der Waals surface area contributed by atoms with Gasteiger partial charge in [-0.3, -0.25) is 4.79 Å². The van der Waals surface area contributed by atoms with Crippen LogP contribution in [0, 0.1) is 0 Å². The van der Waals surface area contributed by atoms with Crippen LogP contribution in [0.1, 0.15) is 10.6 Å². The Morgan fingerprint density at radius 3 is 1.70 bits per heavy atom. The summed E-state index contributed by atoms with van der Waals surface area (Å²) in [7, 11) is 6.52. The van der Waals surface area contributed by atoms with Crippen molar-refractivity contribution in [1.82, 2.24) is 20.1 Å². The highest BCUT2D eigenvalue weighted by Crippen LogP contribution is 2.30. The maximum absolute atomic E-state index is 12.3. The minimum atomic E-state index is -0.307. The predicted molar refractivity (Wildman–Crippen MR) is 102 cm³/mol. The van der Waals surface area contributed by atoms with E-state index in [1.165, 1.54) is 4.90 Å². The van der Waals surface area contributed by atoms with Crippen molar-refractivity contribution < 1.29 is 14.3 Å². The Morgan fingerprint density at radius 2 is 1.26 bits per heavy atom. The number of hydrogen-bond donors (Lipinski definition) is 0. The average molecular weight is 364 g/mol. The predicted octanol–water partition coefficient (Wildman–Crippen LogP) is 2.92. The van der Waals surface area contributed by atoms with Gasteiger partial charge in [-0.15, -0.1) is 10.2 Å². The van der Waals surface area contributed by atoms with Crippen molar-refractivity contribution in [3.63, 3.8) is 0 Å². The number of hydrogen-bond acceptors (Lipinski definition) is 6. The van der Waals surface area contributed by atoms with Gasteiger partial charge in [-0.2, -0.15) is 0 Å². The Balaban J connectivity index is 2.14. The van der Waals surface area contributed by atoms with Gasteiger partial charge in [0.25, 0.3) is 5.91 Å². The quantitative estimate of drug-likeness (QED) is 0.693. The molecule has 0 fully saturated rings. The van der Waals surface area contributed by atoms with Gasteiger partial charge in [-0.05, 0) is 48.5 Å². The summed E-state index contributed by atoms with van der Waals surface area (Å²) < 4.78 is 10.4. The average Bonchev–Trinajstić information content (AvgIpc) is 2.73. The molecule has 3 rings (SSSR count). The first-order valence-corrected chi connectivity index (χ1v) is 8.28. The number of rotatable bonds is 5. The Labute approximate surface area is 157 Å². The fourth-order valence-electron chi connectivity index (χ4n) is 2.51. The lowest BCUT2D eigenvalue weighted by molar-refractivity contribution is 0.0814. The van der Waals surface area contributed by atoms with Gasteiger partial charge in [-0.25, -0.2) is 4.98 Å². The van der Waals surface area contributed by atoms with E-state index >= 15 is 0 Å². The first-order chi connectivity index (χ1) is 13.0. The van der Waals surface area contributed by atoms with Crippen LogP contribution in [0.4, 0.5) is 0 Å². The maximum atomic E-state index is 12.3. The highest BCUT2D eigenvalue weighted by Gasteiger charge is 2.18. The van der Waals surface area contributed by atoms with Gasteiger partial charge >= 0.3 is 0 Å². The molecule has 0 radical (unpaired) electrons. The number of methoxy groups -OCH3 is 2. The summed E-state index contributed by atoms with van der Waals surface area (Å²) >= 11 is 0. The van der Waals surface area contributed by atoms with Crippen LogP contribution in [0.15, 0.2) is 48.5 Å². The van der Waals surface area contributed by atoms with Crippen LogP contribution < -0.4 is 9.47 Å². The second-order valence-electron chi connectivity index (χ2n) is 5.99. The van der Waals surface area contributed by atoms with E-state index in [1.54, 1.807) is 28.3 Å². The topological polar surface area (TPSA) is 77.4 Å². The van der Waals surface area contributed by atoms with Crippen LogP contribution >= 0.6 is 0 Å². The summed E-state index contributed by atoms with van der Waals surface area (Å²) in [4.78, 5) is 18.2. The number of amides is 1. The monoisotopic (exact) mass is 364 g/mol. The number of nitrogens with zero attached hydrogens (tertiary/aromatic N) is 4. The molecule has 1 amide bonds. The second-order valence-corrected chi connectivity index (χ2v) is 5.99. The van der Waals surface area contributed by atoms with E-state index in [-0.39, 0.29) is 11.7 Å². The van der Waals surface area contributed by atoms with Gasteiger partial charge in [0.15, 0.2) is 0 Å². The third kappa shape index (κ3) is 3.87. The molecule has 27 heavy (non-hydrogen) atoms. The standard InChI is InChI=1S/C20H20N4O3/c1-24(2)20(25)19-21-17(13-5-9-15(26-3)10-6-13)18(22-23-19)14-7-11-16(27-4)12-8-14/h5-12H,1-4H3.